The molecule has 6 nitrogen and oxygen atoms in total. The summed E-state index contributed by atoms with van der Waals surface area (Å²) in [6, 6.07) is 3.36. The van der Waals surface area contributed by atoms with Crippen LogP contribution >= 0.6 is 0 Å². The highest BCUT2D eigenvalue weighted by Gasteiger charge is 2.20. The van der Waals surface area contributed by atoms with E-state index in [1.165, 1.54) is 19.1 Å². The molecular weight excluding hydrogens is 250 g/mol. The highest BCUT2D eigenvalue weighted by Crippen LogP contribution is 2.36. The Morgan fingerprint density at radius 3 is 2.37 bits per heavy atom. The minimum Gasteiger partial charge on any atom is -0.496 e. The van der Waals surface area contributed by atoms with Crippen LogP contribution in [0, 0.1) is 6.92 Å². The number of methoxy groups -OCH3 is 2. The molecule has 0 aliphatic carbocycles. The van der Waals surface area contributed by atoms with E-state index in [1.54, 1.807) is 26.2 Å². The number of amides is 1. The lowest BCUT2D eigenvalue weighted by atomic mass is 10.1. The van der Waals surface area contributed by atoms with Crippen molar-refractivity contribution in [3.05, 3.63) is 17.7 Å². The number of carboxylic acids is 1. The summed E-state index contributed by atoms with van der Waals surface area (Å²) in [6.07, 6.45) is -0.565. The number of hydrogen-bond donors (Lipinski definition) is 1. The summed E-state index contributed by atoms with van der Waals surface area (Å²) in [7, 11) is 4.54. The summed E-state index contributed by atoms with van der Waals surface area (Å²) in [5, 5.41) is 8.64. The third kappa shape index (κ3) is 3.15. The number of hydrogen-bond acceptors (Lipinski definition) is 4. The summed E-state index contributed by atoms with van der Waals surface area (Å²) in [6.45, 7) is 1.80. The molecule has 0 aliphatic heterocycles. The van der Waals surface area contributed by atoms with E-state index < -0.39 is 18.3 Å². The van der Waals surface area contributed by atoms with Gasteiger partial charge in [-0.1, -0.05) is 0 Å². The molecule has 0 fully saturated rings. The van der Waals surface area contributed by atoms with E-state index >= 15 is 0 Å². The predicted molar refractivity (Wildman–Crippen MR) is 69.9 cm³/mol. The lowest BCUT2D eigenvalue weighted by Crippen LogP contribution is -2.28. The molecule has 0 spiro atoms. The fourth-order valence-corrected chi connectivity index (χ4v) is 1.78. The number of ether oxygens (including phenoxy) is 2. The molecule has 0 unspecified atom stereocenters. The fourth-order valence-electron chi connectivity index (χ4n) is 1.78. The molecule has 1 amide bonds. The second-order valence-corrected chi connectivity index (χ2v) is 3.97. The summed E-state index contributed by atoms with van der Waals surface area (Å²) in [4.78, 5) is 23.6. The van der Waals surface area contributed by atoms with Crippen LogP contribution in [0.2, 0.25) is 0 Å². The van der Waals surface area contributed by atoms with Crippen molar-refractivity contribution in [3.63, 3.8) is 0 Å². The molecule has 0 aliphatic rings. The quantitative estimate of drug-likeness (QED) is 0.817. The zero-order valence-electron chi connectivity index (χ0n) is 11.4. The van der Waals surface area contributed by atoms with Gasteiger partial charge >= 0.3 is 5.97 Å². The molecule has 6 heteroatoms. The second kappa shape index (κ2) is 6.08. The molecule has 1 rings (SSSR count). The van der Waals surface area contributed by atoms with Crippen LogP contribution in [0.4, 0.5) is 5.69 Å². The molecule has 1 aromatic carbocycles. The maximum Gasteiger partial charge on any atom is 0.312 e. The average molecular weight is 267 g/mol. The first kappa shape index (κ1) is 14.8. The van der Waals surface area contributed by atoms with Crippen molar-refractivity contribution >= 4 is 17.6 Å². The smallest absolute Gasteiger partial charge is 0.312 e. The van der Waals surface area contributed by atoms with E-state index in [-0.39, 0.29) is 0 Å². The Labute approximate surface area is 111 Å². The molecule has 0 aromatic heterocycles. The SMILES string of the molecule is COc1ccc(N(C)C(=O)CC(=O)O)c(OC)c1C. The first-order valence-corrected chi connectivity index (χ1v) is 5.62. The zero-order chi connectivity index (χ0) is 14.6. The van der Waals surface area contributed by atoms with Gasteiger partial charge in [-0.2, -0.15) is 0 Å². The van der Waals surface area contributed by atoms with Crippen molar-refractivity contribution in [2.45, 2.75) is 13.3 Å². The minimum absolute atomic E-state index is 0.487. The maximum absolute atomic E-state index is 11.7. The van der Waals surface area contributed by atoms with Crippen molar-refractivity contribution in [1.82, 2.24) is 0 Å². The van der Waals surface area contributed by atoms with Crippen LogP contribution in [0.1, 0.15) is 12.0 Å². The number of carbonyl (C=O) groups excluding carboxylic acids is 1. The van der Waals surface area contributed by atoms with E-state index in [1.807, 2.05) is 0 Å². The summed E-state index contributed by atoms with van der Waals surface area (Å²) in [5.41, 5.74) is 1.25. The van der Waals surface area contributed by atoms with Crippen LogP contribution < -0.4 is 14.4 Å². The number of carboxylic acid groups (broad SMARTS) is 1. The standard InChI is InChI=1S/C13H17NO5/c1-8-10(18-3)6-5-9(13(8)19-4)14(2)11(15)7-12(16)17/h5-6H,7H2,1-4H3,(H,16,17). The van der Waals surface area contributed by atoms with Crippen molar-refractivity contribution in [2.24, 2.45) is 0 Å². The Hall–Kier alpha value is -2.24. The van der Waals surface area contributed by atoms with Gasteiger partial charge in [-0.3, -0.25) is 9.59 Å². The van der Waals surface area contributed by atoms with Crippen LogP contribution in [0.3, 0.4) is 0 Å². The van der Waals surface area contributed by atoms with Crippen molar-refractivity contribution in [2.75, 3.05) is 26.2 Å². The second-order valence-electron chi connectivity index (χ2n) is 3.97. The summed E-state index contributed by atoms with van der Waals surface area (Å²) >= 11 is 0. The average Bonchev–Trinajstić information content (AvgIpc) is 2.36. The molecule has 0 saturated heterocycles. The molecule has 19 heavy (non-hydrogen) atoms. The normalized spacial score (nSPS) is 9.89. The van der Waals surface area contributed by atoms with Gasteiger partial charge in [0.15, 0.2) is 0 Å². The highest BCUT2D eigenvalue weighted by atomic mass is 16.5. The molecule has 0 bridgehead atoms. The van der Waals surface area contributed by atoms with Gasteiger partial charge in [0.1, 0.15) is 17.9 Å². The highest BCUT2D eigenvalue weighted by molar-refractivity contribution is 6.03. The molecule has 0 atom stereocenters. The molecule has 0 heterocycles. The number of aliphatic carboxylic acids is 1. The Morgan fingerprint density at radius 2 is 1.89 bits per heavy atom. The van der Waals surface area contributed by atoms with E-state index in [4.69, 9.17) is 14.6 Å². The van der Waals surface area contributed by atoms with Crippen LogP contribution in [-0.4, -0.2) is 38.3 Å². The monoisotopic (exact) mass is 267 g/mol. The van der Waals surface area contributed by atoms with Crippen molar-refractivity contribution in [3.8, 4) is 11.5 Å². The number of benzene rings is 1. The number of anilines is 1. The summed E-state index contributed by atoms with van der Waals surface area (Å²) < 4.78 is 10.4. The van der Waals surface area contributed by atoms with Gasteiger partial charge in [0.05, 0.1) is 19.9 Å². The van der Waals surface area contributed by atoms with E-state index in [0.717, 1.165) is 5.56 Å². The molecule has 0 radical (unpaired) electrons. The molecule has 0 saturated carbocycles. The lowest BCUT2D eigenvalue weighted by Gasteiger charge is -2.21. The Balaban J connectivity index is 3.16. The molecule has 104 valence electrons. The first-order chi connectivity index (χ1) is 8.92. The van der Waals surface area contributed by atoms with Crippen molar-refractivity contribution in [1.29, 1.82) is 0 Å². The summed E-state index contributed by atoms with van der Waals surface area (Å²) in [5.74, 6) is -0.559. The number of nitrogens with zero attached hydrogens (tertiary/aromatic N) is 1. The van der Waals surface area contributed by atoms with Gasteiger partial charge < -0.3 is 19.5 Å². The third-order valence-electron chi connectivity index (χ3n) is 2.80. The van der Waals surface area contributed by atoms with Crippen molar-refractivity contribution < 1.29 is 24.2 Å². The third-order valence-corrected chi connectivity index (χ3v) is 2.80. The predicted octanol–water partition coefficient (Wildman–Crippen LogP) is 1.45. The van der Waals surface area contributed by atoms with Gasteiger partial charge in [-0.25, -0.2) is 0 Å². The van der Waals surface area contributed by atoms with Gasteiger partial charge in [-0.15, -0.1) is 0 Å². The van der Waals surface area contributed by atoms with Crippen LogP contribution in [0.5, 0.6) is 11.5 Å². The molecule has 1 aromatic rings. The lowest BCUT2D eigenvalue weighted by molar-refractivity contribution is -0.140. The van der Waals surface area contributed by atoms with Gasteiger partial charge in [0, 0.05) is 12.6 Å². The van der Waals surface area contributed by atoms with Gasteiger partial charge in [0.25, 0.3) is 0 Å². The number of rotatable bonds is 5. The number of carbonyl (C=O) groups is 2. The van der Waals surface area contributed by atoms with Crippen LogP contribution in [0.25, 0.3) is 0 Å². The Kier molecular flexibility index (Phi) is 4.74. The minimum atomic E-state index is -1.17. The fraction of sp³-hybridized carbons (Fsp3) is 0.385. The molecular formula is C13H17NO5. The van der Waals surface area contributed by atoms with Gasteiger partial charge in [-0.05, 0) is 19.1 Å². The first-order valence-electron chi connectivity index (χ1n) is 5.62. The zero-order valence-corrected chi connectivity index (χ0v) is 11.4. The van der Waals surface area contributed by atoms with Gasteiger partial charge in [0.2, 0.25) is 5.91 Å². The molecule has 1 N–H and O–H groups in total. The maximum atomic E-state index is 11.7. The Morgan fingerprint density at radius 1 is 1.26 bits per heavy atom. The van der Waals surface area contributed by atoms with Crippen LogP contribution in [0.15, 0.2) is 12.1 Å². The van der Waals surface area contributed by atoms with E-state index in [2.05, 4.69) is 0 Å². The Bertz CT molecular complexity index is 498. The topological polar surface area (TPSA) is 76.1 Å². The van der Waals surface area contributed by atoms with Crippen LogP contribution in [-0.2, 0) is 9.59 Å². The van der Waals surface area contributed by atoms with E-state index in [0.29, 0.717) is 17.2 Å². The largest absolute Gasteiger partial charge is 0.496 e. The van der Waals surface area contributed by atoms with E-state index in [9.17, 15) is 9.59 Å².